The molecule has 2 aromatic carbocycles. The lowest BCUT2D eigenvalue weighted by Gasteiger charge is -2.20. The zero-order valence-corrected chi connectivity index (χ0v) is 11.9. The Morgan fingerprint density at radius 3 is 2.68 bits per heavy atom. The summed E-state index contributed by atoms with van der Waals surface area (Å²) in [4.78, 5) is 0. The summed E-state index contributed by atoms with van der Waals surface area (Å²) < 4.78 is 44.2. The lowest BCUT2D eigenvalue weighted by atomic mass is 10.0. The number of ether oxygens (including phenoxy) is 1. The molecule has 2 aromatic rings. The minimum atomic E-state index is -4.36. The second-order valence-electron chi connectivity index (χ2n) is 5.29. The third-order valence-corrected chi connectivity index (χ3v) is 3.74. The molecule has 1 N–H and O–H groups in total. The van der Waals surface area contributed by atoms with Crippen LogP contribution in [0, 0.1) is 0 Å². The first-order valence-electron chi connectivity index (χ1n) is 7.16. The van der Waals surface area contributed by atoms with Crippen molar-refractivity contribution < 1.29 is 17.9 Å². The molecule has 116 valence electrons. The topological polar surface area (TPSA) is 21.3 Å². The van der Waals surface area contributed by atoms with Gasteiger partial charge in [-0.05, 0) is 42.3 Å². The Bertz CT molecular complexity index is 654. The first-order chi connectivity index (χ1) is 10.5. The highest BCUT2D eigenvalue weighted by Crippen LogP contribution is 2.33. The van der Waals surface area contributed by atoms with Crippen LogP contribution in [0.3, 0.4) is 0 Å². The third kappa shape index (κ3) is 3.25. The average molecular weight is 307 g/mol. The number of halogens is 3. The third-order valence-electron chi connectivity index (χ3n) is 3.74. The molecule has 0 aliphatic carbocycles. The minimum Gasteiger partial charge on any atom is -0.484 e. The van der Waals surface area contributed by atoms with Crippen LogP contribution in [-0.4, -0.2) is 13.1 Å². The molecule has 22 heavy (non-hydrogen) atoms. The molecule has 0 bridgehead atoms. The zero-order chi connectivity index (χ0) is 15.6. The van der Waals surface area contributed by atoms with Crippen LogP contribution in [0.15, 0.2) is 48.5 Å². The maximum atomic E-state index is 12.8. The highest BCUT2D eigenvalue weighted by Gasteiger charge is 2.31. The maximum Gasteiger partial charge on any atom is 0.416 e. The number of fused-ring (bicyclic) bond motifs is 1. The summed E-state index contributed by atoms with van der Waals surface area (Å²) >= 11 is 0. The second kappa shape index (κ2) is 6.01. The molecule has 0 aromatic heterocycles. The lowest BCUT2D eigenvalue weighted by Crippen LogP contribution is -2.23. The van der Waals surface area contributed by atoms with Crippen molar-refractivity contribution in [3.63, 3.8) is 0 Å². The summed E-state index contributed by atoms with van der Waals surface area (Å²) in [5.41, 5.74) is 1.51. The van der Waals surface area contributed by atoms with E-state index in [4.69, 9.17) is 4.74 Å². The van der Waals surface area contributed by atoms with E-state index in [9.17, 15) is 13.2 Å². The van der Waals surface area contributed by atoms with Gasteiger partial charge in [0, 0.05) is 6.54 Å². The largest absolute Gasteiger partial charge is 0.484 e. The molecule has 2 nitrogen and oxygen atoms in total. The lowest BCUT2D eigenvalue weighted by molar-refractivity contribution is -0.137. The summed E-state index contributed by atoms with van der Waals surface area (Å²) in [5.74, 6) is 0.235. The summed E-state index contributed by atoms with van der Waals surface area (Å²) in [6.45, 7) is 1.41. The molecule has 5 heteroatoms. The fourth-order valence-electron chi connectivity index (χ4n) is 2.66. The predicted octanol–water partition coefficient (Wildman–Crippen LogP) is 3.97. The van der Waals surface area contributed by atoms with Crippen molar-refractivity contribution in [1.29, 1.82) is 0 Å². The Morgan fingerprint density at radius 1 is 1.05 bits per heavy atom. The standard InChI is InChI=1S/C17H16F3NO/c18-17(19,20)13-5-3-6-14(10-13)22-16-11-21-9-8-12-4-1-2-7-15(12)16/h1-7,10,16,21H,8-9,11H2. The Morgan fingerprint density at radius 2 is 1.86 bits per heavy atom. The maximum absolute atomic E-state index is 12.8. The van der Waals surface area contributed by atoms with Crippen molar-refractivity contribution in [3.05, 3.63) is 65.2 Å². The van der Waals surface area contributed by atoms with E-state index in [0.717, 1.165) is 30.7 Å². The molecule has 1 atom stereocenters. The van der Waals surface area contributed by atoms with Gasteiger partial charge in [-0.3, -0.25) is 0 Å². The Balaban J connectivity index is 1.87. The van der Waals surface area contributed by atoms with Crippen LogP contribution in [0.2, 0.25) is 0 Å². The van der Waals surface area contributed by atoms with Crippen molar-refractivity contribution >= 4 is 0 Å². The van der Waals surface area contributed by atoms with E-state index in [1.807, 2.05) is 24.3 Å². The molecule has 1 aliphatic heterocycles. The monoisotopic (exact) mass is 307 g/mol. The fraction of sp³-hybridized carbons (Fsp3) is 0.294. The van der Waals surface area contributed by atoms with Crippen molar-refractivity contribution in [3.8, 4) is 5.75 Å². The van der Waals surface area contributed by atoms with E-state index in [1.54, 1.807) is 6.07 Å². The average Bonchev–Trinajstić information content (AvgIpc) is 2.70. The molecule has 0 amide bonds. The zero-order valence-electron chi connectivity index (χ0n) is 11.9. The van der Waals surface area contributed by atoms with E-state index in [1.165, 1.54) is 11.6 Å². The minimum absolute atomic E-state index is 0.235. The molecule has 3 rings (SSSR count). The van der Waals surface area contributed by atoms with Crippen LogP contribution >= 0.6 is 0 Å². The van der Waals surface area contributed by atoms with Crippen molar-refractivity contribution in [2.45, 2.75) is 18.7 Å². The highest BCUT2D eigenvalue weighted by atomic mass is 19.4. The van der Waals surface area contributed by atoms with E-state index >= 15 is 0 Å². The Labute approximate surface area is 126 Å². The van der Waals surface area contributed by atoms with Gasteiger partial charge in [-0.1, -0.05) is 30.3 Å². The molecule has 0 radical (unpaired) electrons. The summed E-state index contributed by atoms with van der Waals surface area (Å²) in [6.07, 6.45) is -3.76. The molecule has 1 heterocycles. The second-order valence-corrected chi connectivity index (χ2v) is 5.29. The van der Waals surface area contributed by atoms with Gasteiger partial charge in [0.1, 0.15) is 11.9 Å². The van der Waals surface area contributed by atoms with E-state index in [2.05, 4.69) is 5.32 Å². The van der Waals surface area contributed by atoms with Crippen LogP contribution in [0.1, 0.15) is 22.8 Å². The molecule has 0 saturated heterocycles. The van der Waals surface area contributed by atoms with Gasteiger partial charge in [0.05, 0.1) is 5.56 Å². The Kier molecular flexibility index (Phi) is 4.07. The van der Waals surface area contributed by atoms with Gasteiger partial charge in [0.2, 0.25) is 0 Å². The SMILES string of the molecule is FC(F)(F)c1cccc(OC2CNCCc3ccccc32)c1. The normalized spacial score (nSPS) is 18.4. The van der Waals surface area contributed by atoms with Crippen LogP contribution < -0.4 is 10.1 Å². The number of hydrogen-bond donors (Lipinski definition) is 1. The molecule has 1 aliphatic rings. The fourth-order valence-corrected chi connectivity index (χ4v) is 2.66. The number of hydrogen-bond acceptors (Lipinski definition) is 2. The van der Waals surface area contributed by atoms with E-state index in [-0.39, 0.29) is 11.9 Å². The van der Waals surface area contributed by atoms with Crippen LogP contribution in [0.5, 0.6) is 5.75 Å². The smallest absolute Gasteiger partial charge is 0.416 e. The van der Waals surface area contributed by atoms with Gasteiger partial charge in [0.15, 0.2) is 0 Å². The number of benzene rings is 2. The predicted molar refractivity (Wildman–Crippen MR) is 77.8 cm³/mol. The molecular weight excluding hydrogens is 291 g/mol. The van der Waals surface area contributed by atoms with Gasteiger partial charge in [-0.25, -0.2) is 0 Å². The van der Waals surface area contributed by atoms with Gasteiger partial charge >= 0.3 is 6.18 Å². The van der Waals surface area contributed by atoms with Crippen molar-refractivity contribution in [1.82, 2.24) is 5.32 Å². The number of rotatable bonds is 2. The molecule has 1 unspecified atom stereocenters. The summed E-state index contributed by atoms with van der Waals surface area (Å²) in [6, 6.07) is 12.9. The van der Waals surface area contributed by atoms with Gasteiger partial charge in [-0.15, -0.1) is 0 Å². The molecule has 0 saturated carbocycles. The first-order valence-corrected chi connectivity index (χ1v) is 7.16. The summed E-state index contributed by atoms with van der Waals surface area (Å²) in [7, 11) is 0. The van der Waals surface area contributed by atoms with E-state index in [0.29, 0.717) is 6.54 Å². The highest BCUT2D eigenvalue weighted by molar-refractivity contribution is 5.34. The van der Waals surface area contributed by atoms with Crippen molar-refractivity contribution in [2.24, 2.45) is 0 Å². The van der Waals surface area contributed by atoms with Crippen LogP contribution in [-0.2, 0) is 12.6 Å². The van der Waals surface area contributed by atoms with Gasteiger partial charge in [-0.2, -0.15) is 13.2 Å². The quantitative estimate of drug-likeness (QED) is 0.906. The van der Waals surface area contributed by atoms with E-state index < -0.39 is 11.7 Å². The first kappa shape index (κ1) is 14.9. The number of alkyl halides is 3. The van der Waals surface area contributed by atoms with Crippen LogP contribution in [0.4, 0.5) is 13.2 Å². The van der Waals surface area contributed by atoms with Crippen LogP contribution in [0.25, 0.3) is 0 Å². The Hall–Kier alpha value is -2.01. The molecule has 0 fully saturated rings. The van der Waals surface area contributed by atoms with Gasteiger partial charge in [0.25, 0.3) is 0 Å². The van der Waals surface area contributed by atoms with Gasteiger partial charge < -0.3 is 10.1 Å². The number of nitrogens with one attached hydrogen (secondary N) is 1. The van der Waals surface area contributed by atoms with Crippen molar-refractivity contribution in [2.75, 3.05) is 13.1 Å². The molecule has 0 spiro atoms. The molecular formula is C17H16F3NO. The summed E-state index contributed by atoms with van der Waals surface area (Å²) in [5, 5.41) is 3.26.